The molecule has 1 spiro atoms. The van der Waals surface area contributed by atoms with Crippen LogP contribution in [0.25, 0.3) is 0 Å². The fourth-order valence-electron chi connectivity index (χ4n) is 3.02. The van der Waals surface area contributed by atoms with Gasteiger partial charge in [-0.15, -0.1) is 0 Å². The summed E-state index contributed by atoms with van der Waals surface area (Å²) in [4.78, 5) is 0. The van der Waals surface area contributed by atoms with Gasteiger partial charge in [0.25, 0.3) is 0 Å². The summed E-state index contributed by atoms with van der Waals surface area (Å²) in [5.74, 6) is 0.586. The zero-order chi connectivity index (χ0) is 11.1. The molecule has 2 aliphatic rings. The number of rotatable bonds is 1. The lowest BCUT2D eigenvalue weighted by Gasteiger charge is -2.43. The van der Waals surface area contributed by atoms with E-state index < -0.39 is 0 Å². The van der Waals surface area contributed by atoms with Crippen molar-refractivity contribution in [2.24, 2.45) is 5.92 Å². The maximum atomic E-state index is 6.05. The Hall–Kier alpha value is -0.120. The van der Waals surface area contributed by atoms with Crippen LogP contribution in [-0.2, 0) is 9.47 Å². The van der Waals surface area contributed by atoms with Crippen molar-refractivity contribution in [2.45, 2.75) is 51.4 Å². The number of nitrogens with one attached hydrogen (secondary N) is 1. The molecule has 3 heteroatoms. The average Bonchev–Trinajstić information content (AvgIpc) is 2.42. The van der Waals surface area contributed by atoms with Crippen LogP contribution in [0.4, 0.5) is 0 Å². The van der Waals surface area contributed by atoms with Crippen LogP contribution in [0.5, 0.6) is 0 Å². The topological polar surface area (TPSA) is 30.5 Å². The first-order chi connectivity index (χ1) is 6.95. The van der Waals surface area contributed by atoms with E-state index in [-0.39, 0.29) is 11.2 Å². The van der Waals surface area contributed by atoms with E-state index in [1.54, 1.807) is 0 Å². The third-order valence-electron chi connectivity index (χ3n) is 3.52. The van der Waals surface area contributed by atoms with Crippen LogP contribution < -0.4 is 5.32 Å². The summed E-state index contributed by atoms with van der Waals surface area (Å²) >= 11 is 0. The fourth-order valence-corrected chi connectivity index (χ4v) is 3.02. The highest BCUT2D eigenvalue weighted by molar-refractivity contribution is 5.05. The average molecular weight is 213 g/mol. The van der Waals surface area contributed by atoms with Gasteiger partial charge in [-0.1, -0.05) is 13.8 Å². The van der Waals surface area contributed by atoms with Crippen LogP contribution in [0.2, 0.25) is 0 Å². The molecular weight excluding hydrogens is 190 g/mol. The molecule has 0 saturated carbocycles. The zero-order valence-corrected chi connectivity index (χ0v) is 10.3. The first-order valence-corrected chi connectivity index (χ1v) is 5.97. The summed E-state index contributed by atoms with van der Waals surface area (Å²) in [6.45, 7) is 11.3. The standard InChI is InChI=1S/C12H23NO2/c1-9(2)10-12(14-6-5-13-10)7-11(3,4)15-8-12/h9-10,13H,5-8H2,1-4H3. The van der Waals surface area contributed by atoms with E-state index in [0.29, 0.717) is 12.0 Å². The van der Waals surface area contributed by atoms with Crippen molar-refractivity contribution in [1.29, 1.82) is 0 Å². The van der Waals surface area contributed by atoms with Gasteiger partial charge in [-0.2, -0.15) is 0 Å². The van der Waals surface area contributed by atoms with Gasteiger partial charge >= 0.3 is 0 Å². The highest BCUT2D eigenvalue weighted by atomic mass is 16.6. The molecule has 0 aliphatic carbocycles. The van der Waals surface area contributed by atoms with Crippen molar-refractivity contribution < 1.29 is 9.47 Å². The zero-order valence-electron chi connectivity index (χ0n) is 10.3. The van der Waals surface area contributed by atoms with Gasteiger partial charge in [-0.05, 0) is 19.8 Å². The molecule has 0 aromatic heterocycles. The molecule has 0 radical (unpaired) electrons. The summed E-state index contributed by atoms with van der Waals surface area (Å²) in [5.41, 5.74) is -0.123. The highest BCUT2D eigenvalue weighted by Gasteiger charge is 2.52. The molecule has 0 aromatic rings. The van der Waals surface area contributed by atoms with Gasteiger partial charge in [-0.25, -0.2) is 0 Å². The molecule has 3 nitrogen and oxygen atoms in total. The van der Waals surface area contributed by atoms with Gasteiger partial charge in [-0.3, -0.25) is 0 Å². The Bertz CT molecular complexity index is 240. The van der Waals surface area contributed by atoms with Crippen molar-refractivity contribution >= 4 is 0 Å². The Balaban J connectivity index is 2.17. The van der Waals surface area contributed by atoms with Crippen molar-refractivity contribution in [1.82, 2.24) is 5.32 Å². The third-order valence-corrected chi connectivity index (χ3v) is 3.52. The fraction of sp³-hybridized carbons (Fsp3) is 1.00. The van der Waals surface area contributed by atoms with Crippen molar-refractivity contribution in [3.63, 3.8) is 0 Å². The molecule has 2 atom stereocenters. The lowest BCUT2D eigenvalue weighted by Crippen LogP contribution is -2.61. The Morgan fingerprint density at radius 3 is 2.53 bits per heavy atom. The Morgan fingerprint density at radius 2 is 2.00 bits per heavy atom. The maximum absolute atomic E-state index is 6.05. The van der Waals surface area contributed by atoms with E-state index in [9.17, 15) is 0 Å². The minimum Gasteiger partial charge on any atom is -0.372 e. The van der Waals surface area contributed by atoms with E-state index in [0.717, 1.165) is 26.2 Å². The predicted molar refractivity (Wildman–Crippen MR) is 60.0 cm³/mol. The van der Waals surface area contributed by atoms with Crippen LogP contribution in [-0.4, -0.2) is 37.0 Å². The lowest BCUT2D eigenvalue weighted by molar-refractivity contribution is -0.108. The van der Waals surface area contributed by atoms with E-state index >= 15 is 0 Å². The molecular formula is C12H23NO2. The second-order valence-corrected chi connectivity index (χ2v) is 5.81. The van der Waals surface area contributed by atoms with Crippen molar-refractivity contribution in [3.8, 4) is 0 Å². The molecule has 0 aromatic carbocycles. The molecule has 2 saturated heterocycles. The van der Waals surface area contributed by atoms with Crippen LogP contribution in [0, 0.1) is 5.92 Å². The Morgan fingerprint density at radius 1 is 1.27 bits per heavy atom. The SMILES string of the molecule is CC(C)C1NCCOC12COC(C)(C)C2. The second-order valence-electron chi connectivity index (χ2n) is 5.81. The van der Waals surface area contributed by atoms with Crippen molar-refractivity contribution in [2.75, 3.05) is 19.8 Å². The summed E-state index contributed by atoms with van der Waals surface area (Å²) in [7, 11) is 0. The molecule has 2 aliphatic heterocycles. The van der Waals surface area contributed by atoms with Crippen LogP contribution in [0.1, 0.15) is 34.1 Å². The monoisotopic (exact) mass is 213 g/mol. The van der Waals surface area contributed by atoms with E-state index in [4.69, 9.17) is 9.47 Å². The maximum Gasteiger partial charge on any atom is 0.110 e. The van der Waals surface area contributed by atoms with Crippen LogP contribution in [0.15, 0.2) is 0 Å². The third kappa shape index (κ3) is 2.05. The first-order valence-electron chi connectivity index (χ1n) is 5.97. The van der Waals surface area contributed by atoms with Gasteiger partial charge in [0.05, 0.1) is 18.8 Å². The Kier molecular flexibility index (Phi) is 2.82. The second kappa shape index (κ2) is 3.72. The van der Waals surface area contributed by atoms with Gasteiger partial charge in [0, 0.05) is 19.0 Å². The first kappa shape index (κ1) is 11.4. The summed E-state index contributed by atoms with van der Waals surface area (Å²) in [5, 5.41) is 3.58. The predicted octanol–water partition coefficient (Wildman–Crippen LogP) is 1.57. The van der Waals surface area contributed by atoms with Gasteiger partial charge in [0.2, 0.25) is 0 Å². The van der Waals surface area contributed by atoms with Gasteiger partial charge < -0.3 is 14.8 Å². The van der Waals surface area contributed by atoms with Gasteiger partial charge in [0.1, 0.15) is 5.60 Å². The minimum absolute atomic E-state index is 0.0356. The lowest BCUT2D eigenvalue weighted by atomic mass is 9.80. The smallest absolute Gasteiger partial charge is 0.110 e. The molecule has 1 N–H and O–H groups in total. The molecule has 15 heavy (non-hydrogen) atoms. The van der Waals surface area contributed by atoms with Gasteiger partial charge in [0.15, 0.2) is 0 Å². The molecule has 2 unspecified atom stereocenters. The number of morpholine rings is 1. The summed E-state index contributed by atoms with van der Waals surface area (Å²) in [6.07, 6.45) is 0.996. The molecule has 2 heterocycles. The van der Waals surface area contributed by atoms with Crippen LogP contribution in [0.3, 0.4) is 0 Å². The van der Waals surface area contributed by atoms with Crippen LogP contribution >= 0.6 is 0 Å². The number of ether oxygens (including phenoxy) is 2. The minimum atomic E-state index is -0.0874. The molecule has 88 valence electrons. The number of hydrogen-bond donors (Lipinski definition) is 1. The van der Waals surface area contributed by atoms with Crippen molar-refractivity contribution in [3.05, 3.63) is 0 Å². The molecule has 0 bridgehead atoms. The highest BCUT2D eigenvalue weighted by Crippen LogP contribution is 2.40. The summed E-state index contributed by atoms with van der Waals surface area (Å²) in [6, 6.07) is 0.424. The molecule has 0 amide bonds. The molecule has 2 rings (SSSR count). The largest absolute Gasteiger partial charge is 0.372 e. The van der Waals surface area contributed by atoms with E-state index in [1.807, 2.05) is 0 Å². The van der Waals surface area contributed by atoms with E-state index in [2.05, 4.69) is 33.0 Å². The van der Waals surface area contributed by atoms with E-state index in [1.165, 1.54) is 0 Å². The normalized spacial score (nSPS) is 40.2. The molecule has 2 fully saturated rings. The number of hydrogen-bond acceptors (Lipinski definition) is 3. The quantitative estimate of drug-likeness (QED) is 0.717. The summed E-state index contributed by atoms with van der Waals surface area (Å²) < 4.78 is 11.9. The Labute approximate surface area is 92.5 Å².